The van der Waals surface area contributed by atoms with Crippen molar-refractivity contribution in [2.75, 3.05) is 11.9 Å². The summed E-state index contributed by atoms with van der Waals surface area (Å²) in [5, 5.41) is 3.50. The largest absolute Gasteiger partial charge is 0.369 e. The molecule has 2 bridgehead atoms. The smallest absolute Gasteiger partial charge is 0.144 e. The second-order valence-electron chi connectivity index (χ2n) is 7.11. The second kappa shape index (κ2) is 5.53. The quantitative estimate of drug-likeness (QED) is 0.826. The second-order valence-corrected chi connectivity index (χ2v) is 7.91. The third kappa shape index (κ3) is 2.60. The van der Waals surface area contributed by atoms with E-state index in [2.05, 4.69) is 28.2 Å². The zero-order valence-corrected chi connectivity index (χ0v) is 14.3. The van der Waals surface area contributed by atoms with Crippen LogP contribution in [-0.2, 0) is 0 Å². The van der Waals surface area contributed by atoms with Gasteiger partial charge in [-0.05, 0) is 66.3 Å². The third-order valence-electron chi connectivity index (χ3n) is 5.47. The minimum atomic E-state index is 0.622. The molecule has 114 valence electrons. The first-order valence-corrected chi connectivity index (χ1v) is 9.36. The highest BCUT2D eigenvalue weighted by Gasteiger charge is 2.42. The molecule has 1 aromatic rings. The molecule has 4 heteroatoms. The monoisotopic (exact) mass is 349 g/mol. The number of hydrogen-bond acceptors (Lipinski definition) is 3. The number of nitrogens with one attached hydrogen (secondary N) is 1. The Labute approximate surface area is 135 Å². The molecule has 21 heavy (non-hydrogen) atoms. The topological polar surface area (TPSA) is 37.8 Å². The van der Waals surface area contributed by atoms with Crippen LogP contribution in [0.5, 0.6) is 0 Å². The van der Waals surface area contributed by atoms with Crippen molar-refractivity contribution in [2.24, 2.45) is 11.8 Å². The molecule has 3 aliphatic rings. The molecular weight excluding hydrogens is 326 g/mol. The molecule has 1 heterocycles. The van der Waals surface area contributed by atoms with Gasteiger partial charge in [0.25, 0.3) is 0 Å². The molecule has 3 fully saturated rings. The molecular formula is C17H24BrN3. The van der Waals surface area contributed by atoms with Crippen LogP contribution in [-0.4, -0.2) is 16.5 Å². The number of anilines is 1. The molecule has 4 rings (SSSR count). The van der Waals surface area contributed by atoms with Crippen molar-refractivity contribution in [1.82, 2.24) is 9.97 Å². The molecule has 0 spiro atoms. The minimum Gasteiger partial charge on any atom is -0.369 e. The minimum absolute atomic E-state index is 0.622. The molecule has 0 saturated heterocycles. The Balaban J connectivity index is 1.67. The van der Waals surface area contributed by atoms with Crippen LogP contribution in [0.1, 0.15) is 75.2 Å². The van der Waals surface area contributed by atoms with Crippen molar-refractivity contribution in [3.05, 3.63) is 16.0 Å². The maximum Gasteiger partial charge on any atom is 0.144 e. The number of hydrogen-bond donors (Lipinski definition) is 1. The molecule has 0 aromatic carbocycles. The van der Waals surface area contributed by atoms with Crippen LogP contribution in [0, 0.1) is 11.8 Å². The lowest BCUT2D eigenvalue weighted by atomic mass is 9.88. The average molecular weight is 350 g/mol. The third-order valence-corrected chi connectivity index (χ3v) is 6.25. The van der Waals surface area contributed by atoms with Crippen molar-refractivity contribution in [1.29, 1.82) is 0 Å². The zero-order chi connectivity index (χ0) is 14.4. The predicted octanol–water partition coefficient (Wildman–Crippen LogP) is 4.84. The summed E-state index contributed by atoms with van der Waals surface area (Å²) in [6.45, 7) is 3.18. The highest BCUT2D eigenvalue weighted by Crippen LogP contribution is 2.53. The van der Waals surface area contributed by atoms with Gasteiger partial charge in [0.1, 0.15) is 11.6 Å². The summed E-state index contributed by atoms with van der Waals surface area (Å²) in [6, 6.07) is 0. The Morgan fingerprint density at radius 3 is 2.62 bits per heavy atom. The maximum atomic E-state index is 5.01. The maximum absolute atomic E-state index is 5.01. The molecule has 0 aliphatic heterocycles. The Morgan fingerprint density at radius 1 is 1.14 bits per heavy atom. The van der Waals surface area contributed by atoms with E-state index in [1.165, 1.54) is 44.2 Å². The zero-order valence-electron chi connectivity index (χ0n) is 12.7. The average Bonchev–Trinajstić information content (AvgIpc) is 3.12. The lowest BCUT2D eigenvalue weighted by Gasteiger charge is -2.22. The molecule has 0 radical (unpaired) electrons. The van der Waals surface area contributed by atoms with Crippen molar-refractivity contribution >= 4 is 21.7 Å². The van der Waals surface area contributed by atoms with Crippen LogP contribution in [0.15, 0.2) is 4.47 Å². The molecule has 1 N–H and O–H groups in total. The lowest BCUT2D eigenvalue weighted by molar-refractivity contribution is 0.404. The van der Waals surface area contributed by atoms with E-state index < -0.39 is 0 Å². The van der Waals surface area contributed by atoms with E-state index in [9.17, 15) is 0 Å². The van der Waals surface area contributed by atoms with Gasteiger partial charge in [-0.25, -0.2) is 9.97 Å². The van der Waals surface area contributed by atoms with Gasteiger partial charge in [-0.15, -0.1) is 0 Å². The van der Waals surface area contributed by atoms with Crippen molar-refractivity contribution in [3.8, 4) is 0 Å². The fraction of sp³-hybridized carbons (Fsp3) is 0.765. The molecule has 3 unspecified atom stereocenters. The van der Waals surface area contributed by atoms with E-state index in [-0.39, 0.29) is 0 Å². The predicted molar refractivity (Wildman–Crippen MR) is 88.7 cm³/mol. The first-order chi connectivity index (χ1) is 10.3. The van der Waals surface area contributed by atoms with Gasteiger partial charge < -0.3 is 5.32 Å². The van der Waals surface area contributed by atoms with E-state index in [0.717, 1.165) is 40.9 Å². The first kappa shape index (κ1) is 14.0. The summed E-state index contributed by atoms with van der Waals surface area (Å²) in [7, 11) is 0. The summed E-state index contributed by atoms with van der Waals surface area (Å²) in [5.74, 6) is 5.25. The summed E-state index contributed by atoms with van der Waals surface area (Å²) >= 11 is 3.75. The van der Waals surface area contributed by atoms with Crippen molar-refractivity contribution in [2.45, 2.75) is 63.7 Å². The van der Waals surface area contributed by atoms with Gasteiger partial charge >= 0.3 is 0 Å². The van der Waals surface area contributed by atoms with E-state index in [1.54, 1.807) is 0 Å². The van der Waals surface area contributed by atoms with Crippen LogP contribution >= 0.6 is 15.9 Å². The number of nitrogens with zero attached hydrogens (tertiary/aromatic N) is 2. The van der Waals surface area contributed by atoms with Crippen LogP contribution in [0.2, 0.25) is 0 Å². The van der Waals surface area contributed by atoms with Gasteiger partial charge in [-0.3, -0.25) is 0 Å². The van der Waals surface area contributed by atoms with Crippen LogP contribution < -0.4 is 5.32 Å². The van der Waals surface area contributed by atoms with Crippen LogP contribution in [0.25, 0.3) is 0 Å². The standard InChI is InChI=1S/C17H24BrN3/c1-2-7-19-17-14(18)15(11-5-6-11)20-16(21-17)13-9-10-3-4-12(13)8-10/h10-13H,2-9H2,1H3,(H,19,20,21). The molecule has 3 atom stereocenters. The van der Waals surface area contributed by atoms with Gasteiger partial charge in [-0.1, -0.05) is 13.3 Å². The Hall–Kier alpha value is -0.640. The van der Waals surface area contributed by atoms with E-state index in [0.29, 0.717) is 11.8 Å². The van der Waals surface area contributed by atoms with Gasteiger partial charge in [0.2, 0.25) is 0 Å². The fourth-order valence-electron chi connectivity index (χ4n) is 4.20. The Morgan fingerprint density at radius 2 is 2.00 bits per heavy atom. The molecule has 3 nitrogen and oxygen atoms in total. The number of aromatic nitrogens is 2. The van der Waals surface area contributed by atoms with Gasteiger partial charge in [-0.2, -0.15) is 0 Å². The van der Waals surface area contributed by atoms with Crippen LogP contribution in [0.3, 0.4) is 0 Å². The molecule has 0 amide bonds. The Kier molecular flexibility index (Phi) is 3.68. The summed E-state index contributed by atoms with van der Waals surface area (Å²) in [6.07, 6.45) is 9.28. The van der Waals surface area contributed by atoms with E-state index in [1.807, 2.05) is 0 Å². The summed E-state index contributed by atoms with van der Waals surface area (Å²) in [5.41, 5.74) is 1.27. The summed E-state index contributed by atoms with van der Waals surface area (Å²) in [4.78, 5) is 9.92. The van der Waals surface area contributed by atoms with Gasteiger partial charge in [0.05, 0.1) is 10.2 Å². The number of halogens is 1. The van der Waals surface area contributed by atoms with E-state index in [4.69, 9.17) is 9.97 Å². The molecule has 1 aromatic heterocycles. The van der Waals surface area contributed by atoms with Crippen LogP contribution in [0.4, 0.5) is 5.82 Å². The summed E-state index contributed by atoms with van der Waals surface area (Å²) < 4.78 is 1.12. The number of rotatable bonds is 5. The first-order valence-electron chi connectivity index (χ1n) is 8.57. The SMILES string of the molecule is CCCNc1nc(C2CC3CCC2C3)nc(C2CC2)c1Br. The van der Waals surface area contributed by atoms with Crippen molar-refractivity contribution < 1.29 is 0 Å². The Bertz CT molecular complexity index is 541. The van der Waals surface area contributed by atoms with Gasteiger partial charge in [0, 0.05) is 18.4 Å². The highest BCUT2D eigenvalue weighted by molar-refractivity contribution is 9.10. The molecule has 3 aliphatic carbocycles. The molecule has 3 saturated carbocycles. The van der Waals surface area contributed by atoms with Crippen molar-refractivity contribution in [3.63, 3.8) is 0 Å². The normalized spacial score (nSPS) is 30.9. The fourth-order valence-corrected chi connectivity index (χ4v) is 4.84. The highest BCUT2D eigenvalue weighted by atomic mass is 79.9. The van der Waals surface area contributed by atoms with E-state index >= 15 is 0 Å². The van der Waals surface area contributed by atoms with Gasteiger partial charge in [0.15, 0.2) is 0 Å². The lowest BCUT2D eigenvalue weighted by Crippen LogP contribution is -2.15. The number of fused-ring (bicyclic) bond motifs is 2.